The Balaban J connectivity index is 1.36. The molecule has 0 atom stereocenters. The predicted molar refractivity (Wildman–Crippen MR) is 145 cm³/mol. The molecule has 5 rings (SSSR count). The summed E-state index contributed by atoms with van der Waals surface area (Å²) in [4.78, 5) is 38.6. The van der Waals surface area contributed by atoms with Gasteiger partial charge in [-0.3, -0.25) is 14.4 Å². The van der Waals surface area contributed by atoms with E-state index in [4.69, 9.17) is 5.11 Å². The molecule has 3 aromatic carbocycles. The number of carbonyl (C=O) groups is 3. The number of rotatable bonds is 7. The van der Waals surface area contributed by atoms with Gasteiger partial charge in [-0.05, 0) is 83.9 Å². The van der Waals surface area contributed by atoms with Gasteiger partial charge >= 0.3 is 0 Å². The van der Waals surface area contributed by atoms with Crippen molar-refractivity contribution in [1.29, 1.82) is 0 Å². The third-order valence-electron chi connectivity index (χ3n) is 6.28. The number of aliphatic hydroxyl groups excluding tert-OH is 1. The average Bonchev–Trinajstić information content (AvgIpc) is 3.43. The van der Waals surface area contributed by atoms with E-state index >= 15 is 0 Å². The fraction of sp³-hybridized carbons (Fsp3) is 0.138. The van der Waals surface area contributed by atoms with E-state index in [1.165, 1.54) is 23.5 Å². The molecule has 0 saturated carbocycles. The summed E-state index contributed by atoms with van der Waals surface area (Å²) in [7, 11) is 0. The molecule has 1 aliphatic rings. The summed E-state index contributed by atoms with van der Waals surface area (Å²) < 4.78 is 14.4. The highest BCUT2D eigenvalue weighted by Crippen LogP contribution is 2.30. The first-order valence-corrected chi connectivity index (χ1v) is 12.9. The maximum absolute atomic E-state index is 14.4. The van der Waals surface area contributed by atoms with Gasteiger partial charge in [-0.15, -0.1) is 11.3 Å². The van der Waals surface area contributed by atoms with Crippen LogP contribution in [0.1, 0.15) is 47.1 Å². The average molecular weight is 530 g/mol. The minimum absolute atomic E-state index is 0.0626. The number of carbonyl (C=O) groups excluding carboxylic acids is 3. The maximum Gasteiger partial charge on any atom is 0.265 e. The number of nitrogens with one attached hydrogen (secondary N) is 3. The first-order chi connectivity index (χ1) is 18.4. The Hall–Kier alpha value is -4.34. The highest BCUT2D eigenvalue weighted by atomic mass is 32.1. The monoisotopic (exact) mass is 529 g/mol. The van der Waals surface area contributed by atoms with Crippen molar-refractivity contribution in [3.63, 3.8) is 0 Å². The molecule has 1 aromatic heterocycles. The summed E-state index contributed by atoms with van der Waals surface area (Å²) in [5, 5.41) is 19.2. The molecule has 0 saturated heterocycles. The molecule has 4 aromatic rings. The molecule has 2 amide bonds. The van der Waals surface area contributed by atoms with Gasteiger partial charge in [-0.2, -0.15) is 0 Å². The summed E-state index contributed by atoms with van der Waals surface area (Å²) in [5.74, 6) is -1.43. The standard InChI is InChI=1S/C29H24FN3O4S/c30-24-10-8-21(16-25(24)33-29(37)26-2-1-13-38-26)32-20-7-9-22-18(14-20)5-3-17-4-6-19(15-23(17)27(22)35)28(36)31-11-12-34/h1-2,4,6-10,13-16,32,34H,3,5,11-12H2,(H,31,36)(H,33,37). The third-order valence-corrected chi connectivity index (χ3v) is 7.14. The molecule has 0 spiro atoms. The van der Waals surface area contributed by atoms with Crippen molar-refractivity contribution < 1.29 is 23.9 Å². The summed E-state index contributed by atoms with van der Waals surface area (Å²) in [6.45, 7) is -0.0264. The van der Waals surface area contributed by atoms with Crippen LogP contribution in [0.15, 0.2) is 72.1 Å². The minimum atomic E-state index is -0.546. The Kier molecular flexibility index (Phi) is 7.30. The zero-order valence-electron chi connectivity index (χ0n) is 20.2. The van der Waals surface area contributed by atoms with Gasteiger partial charge < -0.3 is 21.1 Å². The molecule has 0 unspecified atom stereocenters. The van der Waals surface area contributed by atoms with E-state index in [9.17, 15) is 18.8 Å². The van der Waals surface area contributed by atoms with Crippen LogP contribution in [0.2, 0.25) is 0 Å². The Bertz CT molecular complexity index is 1540. The maximum atomic E-state index is 14.4. The lowest BCUT2D eigenvalue weighted by atomic mass is 9.96. The second-order valence-corrected chi connectivity index (χ2v) is 9.75. The SMILES string of the molecule is O=C(NCCO)c1ccc2c(c1)C(=O)c1ccc(Nc3ccc(F)c(NC(=O)c4cccs4)c3)cc1CC2. The molecular weight excluding hydrogens is 505 g/mol. The lowest BCUT2D eigenvalue weighted by Crippen LogP contribution is -2.26. The van der Waals surface area contributed by atoms with E-state index in [0.29, 0.717) is 45.8 Å². The van der Waals surface area contributed by atoms with E-state index in [1.807, 2.05) is 6.07 Å². The molecule has 0 bridgehead atoms. The van der Waals surface area contributed by atoms with Crippen LogP contribution in [0.4, 0.5) is 21.5 Å². The van der Waals surface area contributed by atoms with Crippen molar-refractivity contribution in [3.8, 4) is 0 Å². The number of hydrogen-bond donors (Lipinski definition) is 4. The zero-order chi connectivity index (χ0) is 26.6. The largest absolute Gasteiger partial charge is 0.395 e. The highest BCUT2D eigenvalue weighted by molar-refractivity contribution is 7.12. The van der Waals surface area contributed by atoms with Gasteiger partial charge in [0, 0.05) is 34.6 Å². The summed E-state index contributed by atoms with van der Waals surface area (Å²) >= 11 is 1.27. The van der Waals surface area contributed by atoms with E-state index < -0.39 is 5.82 Å². The van der Waals surface area contributed by atoms with Crippen LogP contribution in [0, 0.1) is 5.82 Å². The minimum Gasteiger partial charge on any atom is -0.395 e. The summed E-state index contributed by atoms with van der Waals surface area (Å²) in [5.41, 5.74) is 4.50. The molecular formula is C29H24FN3O4S. The molecule has 1 heterocycles. The molecule has 192 valence electrons. The third kappa shape index (κ3) is 5.34. The van der Waals surface area contributed by atoms with Crippen molar-refractivity contribution in [2.45, 2.75) is 12.8 Å². The lowest BCUT2D eigenvalue weighted by molar-refractivity contribution is 0.0944. The van der Waals surface area contributed by atoms with E-state index in [-0.39, 0.29) is 36.4 Å². The Morgan fingerprint density at radius 3 is 2.47 bits per heavy atom. The Morgan fingerprint density at radius 2 is 1.68 bits per heavy atom. The quantitative estimate of drug-likeness (QED) is 0.271. The van der Waals surface area contributed by atoms with Gasteiger partial charge in [0.25, 0.3) is 11.8 Å². The first kappa shape index (κ1) is 25.3. The topological polar surface area (TPSA) is 108 Å². The number of amides is 2. The smallest absolute Gasteiger partial charge is 0.265 e. The first-order valence-electron chi connectivity index (χ1n) is 12.0. The van der Waals surface area contributed by atoms with Crippen molar-refractivity contribution in [3.05, 3.63) is 111 Å². The van der Waals surface area contributed by atoms with Crippen LogP contribution in [0.25, 0.3) is 0 Å². The molecule has 0 radical (unpaired) electrons. The zero-order valence-corrected chi connectivity index (χ0v) is 21.0. The van der Waals surface area contributed by atoms with Crippen molar-refractivity contribution in [2.75, 3.05) is 23.8 Å². The Morgan fingerprint density at radius 1 is 0.895 bits per heavy atom. The number of anilines is 3. The fourth-order valence-electron chi connectivity index (χ4n) is 4.39. The van der Waals surface area contributed by atoms with Gasteiger partial charge in [0.1, 0.15) is 5.82 Å². The van der Waals surface area contributed by atoms with E-state index in [1.54, 1.807) is 53.9 Å². The second kappa shape index (κ2) is 11.0. The molecule has 7 nitrogen and oxygen atoms in total. The lowest BCUT2D eigenvalue weighted by Gasteiger charge is -2.13. The molecule has 0 aliphatic heterocycles. The number of benzene rings is 3. The number of halogens is 1. The normalized spacial score (nSPS) is 12.2. The van der Waals surface area contributed by atoms with E-state index in [0.717, 1.165) is 11.1 Å². The number of fused-ring (bicyclic) bond motifs is 2. The van der Waals surface area contributed by atoms with Crippen LogP contribution in [0.3, 0.4) is 0 Å². The van der Waals surface area contributed by atoms with Gasteiger partial charge in [0.2, 0.25) is 0 Å². The molecule has 9 heteroatoms. The molecule has 4 N–H and O–H groups in total. The number of hydrogen-bond acceptors (Lipinski definition) is 6. The molecule has 1 aliphatic carbocycles. The molecule has 38 heavy (non-hydrogen) atoms. The van der Waals surface area contributed by atoms with Crippen LogP contribution in [-0.4, -0.2) is 35.9 Å². The second-order valence-electron chi connectivity index (χ2n) is 8.80. The van der Waals surface area contributed by atoms with Crippen molar-refractivity contribution in [2.24, 2.45) is 0 Å². The Labute approximate surface area is 222 Å². The fourth-order valence-corrected chi connectivity index (χ4v) is 5.01. The van der Waals surface area contributed by atoms with Gasteiger partial charge in [-0.1, -0.05) is 12.1 Å². The van der Waals surface area contributed by atoms with Crippen LogP contribution in [-0.2, 0) is 12.8 Å². The number of aryl methyl sites for hydroxylation is 2. The van der Waals surface area contributed by atoms with Gasteiger partial charge in [-0.25, -0.2) is 4.39 Å². The van der Waals surface area contributed by atoms with E-state index in [2.05, 4.69) is 16.0 Å². The molecule has 0 fully saturated rings. The van der Waals surface area contributed by atoms with Gasteiger partial charge in [0.05, 0.1) is 17.2 Å². The number of aliphatic hydroxyl groups is 1. The number of thiophene rings is 1. The van der Waals surface area contributed by atoms with Crippen LogP contribution < -0.4 is 16.0 Å². The van der Waals surface area contributed by atoms with Crippen molar-refractivity contribution >= 4 is 46.0 Å². The predicted octanol–water partition coefficient (Wildman–Crippen LogP) is 4.93. The summed E-state index contributed by atoms with van der Waals surface area (Å²) in [6, 6.07) is 18.3. The highest BCUT2D eigenvalue weighted by Gasteiger charge is 2.23. The summed E-state index contributed by atoms with van der Waals surface area (Å²) in [6.07, 6.45) is 1.26. The number of ketones is 1. The van der Waals surface area contributed by atoms with Crippen LogP contribution in [0.5, 0.6) is 0 Å². The van der Waals surface area contributed by atoms with Gasteiger partial charge in [0.15, 0.2) is 5.78 Å². The van der Waals surface area contributed by atoms with Crippen molar-refractivity contribution in [1.82, 2.24) is 5.32 Å². The van der Waals surface area contributed by atoms with Crippen LogP contribution >= 0.6 is 11.3 Å².